The molecule has 0 bridgehead atoms. The molecule has 1 rings (SSSR count). The summed E-state index contributed by atoms with van der Waals surface area (Å²) in [6.07, 6.45) is 1.51. The molecule has 1 heterocycles. The predicted octanol–water partition coefficient (Wildman–Crippen LogP) is 3.38. The van der Waals surface area contributed by atoms with Crippen LogP contribution in [0.4, 0.5) is 0 Å². The van der Waals surface area contributed by atoms with Gasteiger partial charge in [0.2, 0.25) is 0 Å². The number of Topliss-reactive ketones (excluding diaryl/α,β-unsaturated/α-hetero) is 1. The molecule has 4 nitrogen and oxygen atoms in total. The van der Waals surface area contributed by atoms with Crippen LogP contribution in [0.5, 0.6) is 0 Å². The second-order valence-electron chi connectivity index (χ2n) is 4.16. The van der Waals surface area contributed by atoms with E-state index in [1.807, 2.05) is 0 Å². The van der Waals surface area contributed by atoms with Crippen LogP contribution in [0.3, 0.4) is 0 Å². The maximum atomic E-state index is 12.3. The summed E-state index contributed by atoms with van der Waals surface area (Å²) in [5.74, 6) is -0.924. The minimum Gasteiger partial charge on any atom is -0.465 e. The summed E-state index contributed by atoms with van der Waals surface area (Å²) >= 11 is 6.52. The monoisotopic (exact) mass is 377 g/mol. The highest BCUT2D eigenvalue weighted by Gasteiger charge is 2.39. The van der Waals surface area contributed by atoms with Gasteiger partial charge in [0.25, 0.3) is 0 Å². The van der Waals surface area contributed by atoms with Crippen LogP contribution >= 0.6 is 31.9 Å². The number of esters is 1. The average Bonchev–Trinajstić information content (AvgIpc) is 2.28. The summed E-state index contributed by atoms with van der Waals surface area (Å²) in [6.45, 7) is 5.00. The summed E-state index contributed by atoms with van der Waals surface area (Å²) in [7, 11) is 0. The van der Waals surface area contributed by atoms with Gasteiger partial charge in [-0.05, 0) is 58.7 Å². The van der Waals surface area contributed by atoms with Gasteiger partial charge in [0.05, 0.1) is 6.61 Å². The third-order valence-corrected chi connectivity index (χ3v) is 3.41. The number of aromatic nitrogens is 1. The first-order valence-corrected chi connectivity index (χ1v) is 6.92. The van der Waals surface area contributed by atoms with Crippen molar-refractivity contribution in [2.75, 3.05) is 6.61 Å². The van der Waals surface area contributed by atoms with E-state index in [0.717, 1.165) is 4.47 Å². The highest BCUT2D eigenvalue weighted by molar-refractivity contribution is 9.11. The van der Waals surface area contributed by atoms with E-state index in [4.69, 9.17) is 4.74 Å². The quantitative estimate of drug-likeness (QED) is 0.457. The number of hydrogen-bond acceptors (Lipinski definition) is 4. The molecule has 0 aromatic carbocycles. The zero-order valence-corrected chi connectivity index (χ0v) is 13.5. The maximum Gasteiger partial charge on any atom is 0.319 e. The smallest absolute Gasteiger partial charge is 0.319 e. The molecule has 6 heteroatoms. The lowest BCUT2D eigenvalue weighted by Gasteiger charge is -2.20. The molecule has 0 aliphatic rings. The highest BCUT2D eigenvalue weighted by atomic mass is 79.9. The van der Waals surface area contributed by atoms with E-state index < -0.39 is 11.4 Å². The molecule has 98 valence electrons. The lowest BCUT2D eigenvalue weighted by atomic mass is 9.86. The normalized spacial score (nSPS) is 11.2. The highest BCUT2D eigenvalue weighted by Crippen LogP contribution is 2.28. The Kier molecular flexibility index (Phi) is 5.04. The summed E-state index contributed by atoms with van der Waals surface area (Å²) in [5.41, 5.74) is -1.03. The van der Waals surface area contributed by atoms with E-state index in [-0.39, 0.29) is 18.1 Å². The Hall–Kier alpha value is -0.750. The number of carbonyl (C=O) groups is 2. The topological polar surface area (TPSA) is 56.3 Å². The van der Waals surface area contributed by atoms with Gasteiger partial charge in [0, 0.05) is 15.1 Å². The van der Waals surface area contributed by atoms with E-state index >= 15 is 0 Å². The Morgan fingerprint density at radius 2 is 2.00 bits per heavy atom. The molecule has 1 aromatic heterocycles. The maximum absolute atomic E-state index is 12.3. The van der Waals surface area contributed by atoms with Crippen LogP contribution in [0.1, 0.15) is 31.3 Å². The first-order chi connectivity index (χ1) is 8.30. The summed E-state index contributed by atoms with van der Waals surface area (Å²) in [6, 6.07) is 1.71. The number of pyridine rings is 1. The lowest BCUT2D eigenvalue weighted by Crippen LogP contribution is -2.35. The standard InChI is InChI=1S/C12H13Br2NO3/c1-4-18-11(17)12(2,3)10(16)9-8(14)5-7(13)6-15-9/h5-6H,4H2,1-3H3. The Labute approximate surface area is 122 Å². The van der Waals surface area contributed by atoms with E-state index in [2.05, 4.69) is 36.8 Å². The van der Waals surface area contributed by atoms with Gasteiger partial charge in [0.15, 0.2) is 5.78 Å². The van der Waals surface area contributed by atoms with Gasteiger partial charge in [0.1, 0.15) is 11.1 Å². The van der Waals surface area contributed by atoms with Crippen molar-refractivity contribution in [3.63, 3.8) is 0 Å². The average molecular weight is 379 g/mol. The minimum atomic E-state index is -1.25. The third-order valence-electron chi connectivity index (χ3n) is 2.38. The first kappa shape index (κ1) is 15.3. The summed E-state index contributed by atoms with van der Waals surface area (Å²) in [4.78, 5) is 28.1. The SMILES string of the molecule is CCOC(=O)C(C)(C)C(=O)c1ncc(Br)cc1Br. The van der Waals surface area contributed by atoms with Crippen molar-refractivity contribution < 1.29 is 14.3 Å². The number of carbonyl (C=O) groups excluding carboxylic acids is 2. The molecule has 0 spiro atoms. The molecule has 0 saturated heterocycles. The number of halogens is 2. The zero-order chi connectivity index (χ0) is 13.9. The van der Waals surface area contributed by atoms with Crippen molar-refractivity contribution in [2.24, 2.45) is 5.41 Å². The fraction of sp³-hybridized carbons (Fsp3) is 0.417. The second kappa shape index (κ2) is 5.93. The van der Waals surface area contributed by atoms with Crippen LogP contribution in [0.25, 0.3) is 0 Å². The van der Waals surface area contributed by atoms with E-state index in [9.17, 15) is 9.59 Å². The van der Waals surface area contributed by atoms with E-state index in [1.165, 1.54) is 20.0 Å². The number of rotatable bonds is 4. The van der Waals surface area contributed by atoms with Crippen LogP contribution in [-0.4, -0.2) is 23.3 Å². The Balaban J connectivity index is 3.09. The summed E-state index contributed by atoms with van der Waals surface area (Å²) < 4.78 is 6.19. The zero-order valence-electron chi connectivity index (χ0n) is 10.3. The molecule has 0 aliphatic heterocycles. The van der Waals surface area contributed by atoms with Gasteiger partial charge in [-0.1, -0.05) is 0 Å². The fourth-order valence-corrected chi connectivity index (χ4v) is 2.45. The van der Waals surface area contributed by atoms with Crippen LogP contribution < -0.4 is 0 Å². The van der Waals surface area contributed by atoms with Crippen molar-refractivity contribution in [1.29, 1.82) is 0 Å². The molecule has 1 aromatic rings. The van der Waals surface area contributed by atoms with Gasteiger partial charge in [-0.3, -0.25) is 14.6 Å². The predicted molar refractivity (Wildman–Crippen MR) is 74.4 cm³/mol. The van der Waals surface area contributed by atoms with Gasteiger partial charge < -0.3 is 4.74 Å². The molecule has 0 saturated carbocycles. The summed E-state index contributed by atoms with van der Waals surface area (Å²) in [5, 5.41) is 0. The Bertz CT molecular complexity index is 486. The molecule has 0 unspecified atom stereocenters. The van der Waals surface area contributed by atoms with Crippen LogP contribution in [-0.2, 0) is 9.53 Å². The van der Waals surface area contributed by atoms with Gasteiger partial charge in [-0.15, -0.1) is 0 Å². The molecule has 0 N–H and O–H groups in total. The van der Waals surface area contributed by atoms with Crippen molar-refractivity contribution in [1.82, 2.24) is 4.98 Å². The van der Waals surface area contributed by atoms with Crippen molar-refractivity contribution in [3.05, 3.63) is 26.9 Å². The van der Waals surface area contributed by atoms with Crippen LogP contribution in [0, 0.1) is 5.41 Å². The van der Waals surface area contributed by atoms with Crippen LogP contribution in [0.15, 0.2) is 21.2 Å². The van der Waals surface area contributed by atoms with Gasteiger partial charge in [-0.2, -0.15) is 0 Å². The molecular weight excluding hydrogens is 366 g/mol. The molecule has 0 atom stereocenters. The molecule has 0 radical (unpaired) electrons. The molecule has 0 aliphatic carbocycles. The largest absolute Gasteiger partial charge is 0.465 e. The Morgan fingerprint density at radius 3 is 2.50 bits per heavy atom. The number of ketones is 1. The third kappa shape index (κ3) is 3.17. The number of hydrogen-bond donors (Lipinski definition) is 0. The Morgan fingerprint density at radius 1 is 1.39 bits per heavy atom. The molecular formula is C12H13Br2NO3. The van der Waals surface area contributed by atoms with Crippen molar-refractivity contribution in [3.8, 4) is 0 Å². The van der Waals surface area contributed by atoms with E-state index in [0.29, 0.717) is 4.47 Å². The lowest BCUT2D eigenvalue weighted by molar-refractivity contribution is -0.150. The molecule has 18 heavy (non-hydrogen) atoms. The van der Waals surface area contributed by atoms with Gasteiger partial charge >= 0.3 is 5.97 Å². The second-order valence-corrected chi connectivity index (χ2v) is 5.93. The van der Waals surface area contributed by atoms with Gasteiger partial charge in [-0.25, -0.2) is 0 Å². The number of ether oxygens (including phenoxy) is 1. The fourth-order valence-electron chi connectivity index (χ4n) is 1.28. The molecule has 0 amide bonds. The minimum absolute atomic E-state index is 0.219. The van der Waals surface area contributed by atoms with Crippen LogP contribution in [0.2, 0.25) is 0 Å². The van der Waals surface area contributed by atoms with Crippen molar-refractivity contribution >= 4 is 43.6 Å². The first-order valence-electron chi connectivity index (χ1n) is 5.33. The van der Waals surface area contributed by atoms with E-state index in [1.54, 1.807) is 13.0 Å². The molecule has 0 fully saturated rings. The number of nitrogens with zero attached hydrogens (tertiary/aromatic N) is 1. The van der Waals surface area contributed by atoms with Crippen molar-refractivity contribution in [2.45, 2.75) is 20.8 Å².